The molecule has 0 saturated carbocycles. The monoisotopic (exact) mass is 280 g/mol. The fraction of sp³-hybridized carbons (Fsp3) is 0.267. The molecule has 1 aliphatic heterocycles. The molecule has 1 saturated heterocycles. The smallest absolute Gasteiger partial charge is 0.225 e. The van der Waals surface area contributed by atoms with Gasteiger partial charge < -0.3 is 15.5 Å². The zero-order chi connectivity index (χ0) is 14.7. The van der Waals surface area contributed by atoms with Crippen molar-refractivity contribution in [2.24, 2.45) is 0 Å². The number of nitrogen functional groups attached to an aromatic ring is 1. The standard InChI is InChI=1S/C15H16N6/c16-11-12-3-1-4-13(14(12)17)20-7-9-21(10-8-20)15-18-5-2-6-19-15/h1-6H,7-10,17H2. The van der Waals surface area contributed by atoms with Crippen molar-refractivity contribution in [1.82, 2.24) is 9.97 Å². The number of hydrogen-bond donors (Lipinski definition) is 1. The molecule has 6 heteroatoms. The summed E-state index contributed by atoms with van der Waals surface area (Å²) in [7, 11) is 0. The Balaban J connectivity index is 1.73. The van der Waals surface area contributed by atoms with Crippen molar-refractivity contribution in [2.75, 3.05) is 41.7 Å². The van der Waals surface area contributed by atoms with Crippen molar-refractivity contribution in [3.63, 3.8) is 0 Å². The van der Waals surface area contributed by atoms with E-state index in [1.54, 1.807) is 18.5 Å². The highest BCUT2D eigenvalue weighted by molar-refractivity contribution is 5.74. The number of nitrogens with zero attached hydrogens (tertiary/aromatic N) is 5. The number of hydrogen-bond acceptors (Lipinski definition) is 6. The van der Waals surface area contributed by atoms with E-state index in [4.69, 9.17) is 11.0 Å². The molecular weight excluding hydrogens is 264 g/mol. The molecule has 2 aromatic rings. The Kier molecular flexibility index (Phi) is 3.56. The van der Waals surface area contributed by atoms with Crippen molar-refractivity contribution in [1.29, 1.82) is 5.26 Å². The largest absolute Gasteiger partial charge is 0.396 e. The number of aromatic nitrogens is 2. The SMILES string of the molecule is N#Cc1cccc(N2CCN(c3ncccn3)CC2)c1N. The number of piperazine rings is 1. The highest BCUT2D eigenvalue weighted by Gasteiger charge is 2.20. The highest BCUT2D eigenvalue weighted by Crippen LogP contribution is 2.27. The summed E-state index contributed by atoms with van der Waals surface area (Å²) in [5.41, 5.74) is 8.09. The number of benzene rings is 1. The fourth-order valence-corrected chi connectivity index (χ4v) is 2.53. The van der Waals surface area contributed by atoms with E-state index in [0.717, 1.165) is 37.8 Å². The normalized spacial score (nSPS) is 14.8. The number of para-hydroxylation sites is 1. The van der Waals surface area contributed by atoms with Gasteiger partial charge in [-0.2, -0.15) is 5.26 Å². The van der Waals surface area contributed by atoms with Gasteiger partial charge in [-0.15, -0.1) is 0 Å². The van der Waals surface area contributed by atoms with Crippen LogP contribution >= 0.6 is 0 Å². The van der Waals surface area contributed by atoms with Gasteiger partial charge in [-0.1, -0.05) is 6.07 Å². The van der Waals surface area contributed by atoms with Crippen LogP contribution in [0.25, 0.3) is 0 Å². The zero-order valence-corrected chi connectivity index (χ0v) is 11.6. The first-order valence-corrected chi connectivity index (χ1v) is 6.85. The molecule has 0 unspecified atom stereocenters. The molecule has 1 aliphatic rings. The van der Waals surface area contributed by atoms with Gasteiger partial charge in [0.05, 0.1) is 16.9 Å². The van der Waals surface area contributed by atoms with Crippen molar-refractivity contribution >= 4 is 17.3 Å². The molecule has 0 spiro atoms. The lowest BCUT2D eigenvalue weighted by Crippen LogP contribution is -2.47. The molecule has 21 heavy (non-hydrogen) atoms. The van der Waals surface area contributed by atoms with Gasteiger partial charge in [-0.05, 0) is 18.2 Å². The Labute approximate surface area is 123 Å². The van der Waals surface area contributed by atoms with Gasteiger partial charge in [0.1, 0.15) is 6.07 Å². The highest BCUT2D eigenvalue weighted by atomic mass is 15.3. The molecule has 0 radical (unpaired) electrons. The minimum atomic E-state index is 0.529. The Morgan fingerprint density at radius 1 is 1.00 bits per heavy atom. The summed E-state index contributed by atoms with van der Waals surface area (Å²) in [6, 6.07) is 9.52. The van der Waals surface area contributed by atoms with Gasteiger partial charge in [0, 0.05) is 38.6 Å². The average molecular weight is 280 g/mol. The molecule has 6 nitrogen and oxygen atoms in total. The third-order valence-electron chi connectivity index (χ3n) is 3.66. The molecular formula is C15H16N6. The number of rotatable bonds is 2. The lowest BCUT2D eigenvalue weighted by molar-refractivity contribution is 0.640. The average Bonchev–Trinajstić information content (AvgIpc) is 2.56. The van der Waals surface area contributed by atoms with Gasteiger partial charge in [-0.3, -0.25) is 0 Å². The van der Waals surface area contributed by atoms with Crippen LogP contribution in [-0.2, 0) is 0 Å². The third kappa shape index (κ3) is 2.58. The second kappa shape index (κ2) is 5.67. The molecule has 3 rings (SSSR count). The Hall–Kier alpha value is -2.81. The van der Waals surface area contributed by atoms with Gasteiger partial charge in [0.15, 0.2) is 0 Å². The molecule has 2 N–H and O–H groups in total. The van der Waals surface area contributed by atoms with Gasteiger partial charge >= 0.3 is 0 Å². The molecule has 1 aromatic heterocycles. The predicted molar refractivity (Wildman–Crippen MR) is 82.0 cm³/mol. The molecule has 0 atom stereocenters. The van der Waals surface area contributed by atoms with Crippen molar-refractivity contribution in [2.45, 2.75) is 0 Å². The first kappa shape index (κ1) is 13.2. The van der Waals surface area contributed by atoms with E-state index in [1.165, 1.54) is 0 Å². The molecule has 0 aliphatic carbocycles. The minimum Gasteiger partial charge on any atom is -0.396 e. The van der Waals surface area contributed by atoms with Crippen LogP contribution in [0.2, 0.25) is 0 Å². The first-order chi connectivity index (χ1) is 10.3. The third-order valence-corrected chi connectivity index (χ3v) is 3.66. The maximum absolute atomic E-state index is 9.06. The first-order valence-electron chi connectivity index (χ1n) is 6.85. The maximum atomic E-state index is 9.06. The van der Waals surface area contributed by atoms with Gasteiger partial charge in [0.2, 0.25) is 5.95 Å². The lowest BCUT2D eigenvalue weighted by atomic mass is 10.1. The molecule has 1 aromatic carbocycles. The molecule has 0 bridgehead atoms. The van der Waals surface area contributed by atoms with Crippen LogP contribution in [0.5, 0.6) is 0 Å². The van der Waals surface area contributed by atoms with E-state index in [1.807, 2.05) is 18.2 Å². The summed E-state index contributed by atoms with van der Waals surface area (Å²) in [6.45, 7) is 3.33. The molecule has 1 fully saturated rings. The second-order valence-corrected chi connectivity index (χ2v) is 4.87. The van der Waals surface area contributed by atoms with Crippen LogP contribution in [0.3, 0.4) is 0 Å². The lowest BCUT2D eigenvalue weighted by Gasteiger charge is -2.36. The van der Waals surface area contributed by atoms with Crippen LogP contribution in [-0.4, -0.2) is 36.1 Å². The summed E-state index contributed by atoms with van der Waals surface area (Å²) < 4.78 is 0. The van der Waals surface area contributed by atoms with Crippen LogP contribution in [0, 0.1) is 11.3 Å². The fourth-order valence-electron chi connectivity index (χ4n) is 2.53. The molecule has 106 valence electrons. The van der Waals surface area contributed by atoms with Crippen LogP contribution in [0.1, 0.15) is 5.56 Å². The minimum absolute atomic E-state index is 0.529. The number of nitriles is 1. The summed E-state index contributed by atoms with van der Waals surface area (Å²) in [6.07, 6.45) is 3.51. The summed E-state index contributed by atoms with van der Waals surface area (Å²) in [5, 5.41) is 9.06. The zero-order valence-electron chi connectivity index (χ0n) is 11.6. The van der Waals surface area contributed by atoms with Crippen LogP contribution in [0.15, 0.2) is 36.7 Å². The maximum Gasteiger partial charge on any atom is 0.225 e. The van der Waals surface area contributed by atoms with Crippen molar-refractivity contribution in [3.05, 3.63) is 42.2 Å². The predicted octanol–water partition coefficient (Wildman–Crippen LogP) is 1.26. The van der Waals surface area contributed by atoms with E-state index in [2.05, 4.69) is 25.8 Å². The van der Waals surface area contributed by atoms with Gasteiger partial charge in [0.25, 0.3) is 0 Å². The summed E-state index contributed by atoms with van der Waals surface area (Å²) >= 11 is 0. The van der Waals surface area contributed by atoms with Gasteiger partial charge in [-0.25, -0.2) is 9.97 Å². The van der Waals surface area contributed by atoms with E-state index in [0.29, 0.717) is 11.3 Å². The second-order valence-electron chi connectivity index (χ2n) is 4.87. The number of anilines is 3. The quantitative estimate of drug-likeness (QED) is 0.834. The van der Waals surface area contributed by atoms with E-state index >= 15 is 0 Å². The number of nitrogens with two attached hydrogens (primary N) is 1. The molecule has 2 heterocycles. The summed E-state index contributed by atoms with van der Waals surface area (Å²) in [5.74, 6) is 0.760. The van der Waals surface area contributed by atoms with E-state index in [9.17, 15) is 0 Å². The van der Waals surface area contributed by atoms with Crippen LogP contribution in [0.4, 0.5) is 17.3 Å². The van der Waals surface area contributed by atoms with Crippen molar-refractivity contribution in [3.8, 4) is 6.07 Å². The Bertz CT molecular complexity index is 656. The summed E-state index contributed by atoms with van der Waals surface area (Å²) in [4.78, 5) is 12.9. The topological polar surface area (TPSA) is 82.1 Å². The Morgan fingerprint density at radius 2 is 1.67 bits per heavy atom. The van der Waals surface area contributed by atoms with Crippen molar-refractivity contribution < 1.29 is 0 Å². The Morgan fingerprint density at radius 3 is 2.33 bits per heavy atom. The van der Waals surface area contributed by atoms with Crippen LogP contribution < -0.4 is 15.5 Å². The van der Waals surface area contributed by atoms with E-state index in [-0.39, 0.29) is 0 Å². The van der Waals surface area contributed by atoms with E-state index < -0.39 is 0 Å². The molecule has 0 amide bonds.